The summed E-state index contributed by atoms with van der Waals surface area (Å²) in [5.41, 5.74) is 0. The molecule has 128 valence electrons. The minimum Gasteiger partial charge on any atom is -0.335 e. The Morgan fingerprint density at radius 2 is 2.12 bits per heavy atom. The van der Waals surface area contributed by atoms with Gasteiger partial charge in [0, 0.05) is 18.6 Å². The molecule has 1 saturated carbocycles. The van der Waals surface area contributed by atoms with Gasteiger partial charge in [-0.05, 0) is 42.3 Å². The molecule has 2 aromatic rings. The van der Waals surface area contributed by atoms with Gasteiger partial charge in [-0.15, -0.1) is 22.7 Å². The SMILES string of the molecule is O=C(c1ccc(Cl)s1)N1C[C@@H]2C[C@H]1C[C@@H]2NS(=O)(=O)c1cccs1. The van der Waals surface area contributed by atoms with E-state index in [1.165, 1.54) is 22.7 Å². The highest BCUT2D eigenvalue weighted by molar-refractivity contribution is 7.91. The molecule has 2 bridgehead atoms. The largest absolute Gasteiger partial charge is 0.335 e. The summed E-state index contributed by atoms with van der Waals surface area (Å²) >= 11 is 8.40. The molecule has 1 saturated heterocycles. The Bertz CT molecular complexity index is 862. The standard InChI is InChI=1S/C15H15ClN2O3S3/c16-13-4-3-12(23-13)15(19)18-8-9-6-10(18)7-11(9)17-24(20,21)14-2-1-5-22-14/h1-5,9-11,17H,6-8H2/t9-,10-,11-/m0/s1. The van der Waals surface area contributed by atoms with Gasteiger partial charge in [-0.2, -0.15) is 0 Å². The number of likely N-dealkylation sites (tertiary alicyclic amines) is 1. The van der Waals surface area contributed by atoms with Gasteiger partial charge in [-0.1, -0.05) is 17.7 Å². The van der Waals surface area contributed by atoms with E-state index in [0.29, 0.717) is 26.4 Å². The first-order chi connectivity index (χ1) is 11.4. The van der Waals surface area contributed by atoms with E-state index < -0.39 is 10.0 Å². The van der Waals surface area contributed by atoms with Gasteiger partial charge >= 0.3 is 0 Å². The van der Waals surface area contributed by atoms with E-state index in [2.05, 4.69) is 4.72 Å². The molecule has 1 aliphatic carbocycles. The average Bonchev–Trinajstić information content (AvgIpc) is 3.30. The Hall–Kier alpha value is -0.930. The number of piperidine rings is 1. The number of halogens is 1. The summed E-state index contributed by atoms with van der Waals surface area (Å²) in [6.07, 6.45) is 1.52. The number of carbonyl (C=O) groups is 1. The van der Waals surface area contributed by atoms with Gasteiger partial charge in [0.05, 0.1) is 9.21 Å². The molecule has 3 atom stereocenters. The molecule has 0 aromatic carbocycles. The van der Waals surface area contributed by atoms with Gasteiger partial charge in [0.25, 0.3) is 5.91 Å². The van der Waals surface area contributed by atoms with Crippen molar-refractivity contribution in [2.24, 2.45) is 5.92 Å². The Morgan fingerprint density at radius 3 is 2.71 bits per heavy atom. The predicted molar refractivity (Wildman–Crippen MR) is 95.3 cm³/mol. The summed E-state index contributed by atoms with van der Waals surface area (Å²) in [6.45, 7) is 0.594. The average molecular weight is 403 g/mol. The van der Waals surface area contributed by atoms with Crippen LogP contribution < -0.4 is 4.72 Å². The predicted octanol–water partition coefficient (Wildman–Crippen LogP) is 3.04. The number of amides is 1. The lowest BCUT2D eigenvalue weighted by Gasteiger charge is -2.31. The molecule has 0 spiro atoms. The summed E-state index contributed by atoms with van der Waals surface area (Å²) in [4.78, 5) is 15.1. The smallest absolute Gasteiger partial charge is 0.264 e. The van der Waals surface area contributed by atoms with Crippen molar-refractivity contribution in [3.05, 3.63) is 38.9 Å². The highest BCUT2D eigenvalue weighted by Gasteiger charge is 2.48. The molecule has 1 amide bonds. The maximum Gasteiger partial charge on any atom is 0.264 e. The van der Waals surface area contributed by atoms with Crippen molar-refractivity contribution in [1.82, 2.24) is 9.62 Å². The fourth-order valence-corrected chi connectivity index (χ4v) is 6.92. The minimum atomic E-state index is -3.46. The first kappa shape index (κ1) is 16.5. The van der Waals surface area contributed by atoms with Crippen molar-refractivity contribution < 1.29 is 13.2 Å². The Balaban J connectivity index is 1.44. The second-order valence-corrected chi connectivity index (χ2v) is 10.7. The molecule has 1 N–H and O–H groups in total. The summed E-state index contributed by atoms with van der Waals surface area (Å²) in [6, 6.07) is 6.81. The molecule has 5 nitrogen and oxygen atoms in total. The van der Waals surface area contributed by atoms with E-state index >= 15 is 0 Å². The van der Waals surface area contributed by atoms with Gasteiger partial charge < -0.3 is 4.90 Å². The first-order valence-corrected chi connectivity index (χ1v) is 11.1. The zero-order chi connectivity index (χ0) is 16.9. The number of hydrogen-bond acceptors (Lipinski definition) is 5. The molecular weight excluding hydrogens is 388 g/mol. The number of hydrogen-bond donors (Lipinski definition) is 1. The highest BCUT2D eigenvalue weighted by atomic mass is 35.5. The molecule has 9 heteroatoms. The summed E-state index contributed by atoms with van der Waals surface area (Å²) in [5, 5.41) is 1.75. The molecule has 0 unspecified atom stereocenters. The fraction of sp³-hybridized carbons (Fsp3) is 0.400. The van der Waals surface area contributed by atoms with Crippen molar-refractivity contribution in [3.63, 3.8) is 0 Å². The first-order valence-electron chi connectivity index (χ1n) is 7.56. The van der Waals surface area contributed by atoms with Crippen molar-refractivity contribution in [1.29, 1.82) is 0 Å². The molecule has 3 heterocycles. The molecule has 2 aromatic heterocycles. The molecule has 2 fully saturated rings. The fourth-order valence-electron chi connectivity index (χ4n) is 3.59. The van der Waals surface area contributed by atoms with Crippen LogP contribution in [0, 0.1) is 5.92 Å². The number of thiophene rings is 2. The second-order valence-electron chi connectivity index (χ2n) is 6.11. The third-order valence-corrected chi connectivity index (χ3v) is 8.76. The van der Waals surface area contributed by atoms with Crippen LogP contribution in [0.15, 0.2) is 33.9 Å². The van der Waals surface area contributed by atoms with E-state index in [0.717, 1.165) is 6.42 Å². The summed E-state index contributed by atoms with van der Waals surface area (Å²) in [7, 11) is -3.46. The van der Waals surface area contributed by atoms with Gasteiger partial charge in [-0.25, -0.2) is 13.1 Å². The number of fused-ring (bicyclic) bond motifs is 2. The third-order valence-electron chi connectivity index (χ3n) is 4.65. The topological polar surface area (TPSA) is 66.5 Å². The van der Waals surface area contributed by atoms with Gasteiger partial charge in [0.2, 0.25) is 10.0 Å². The van der Waals surface area contributed by atoms with Crippen molar-refractivity contribution >= 4 is 50.2 Å². The quantitative estimate of drug-likeness (QED) is 0.854. The molecule has 1 aliphatic heterocycles. The highest BCUT2D eigenvalue weighted by Crippen LogP contribution is 2.40. The zero-order valence-electron chi connectivity index (χ0n) is 12.5. The van der Waals surface area contributed by atoms with Crippen LogP contribution in [0.3, 0.4) is 0 Å². The molecular formula is C15H15ClN2O3S3. The van der Waals surface area contributed by atoms with Crippen LogP contribution in [0.1, 0.15) is 22.5 Å². The van der Waals surface area contributed by atoms with Crippen molar-refractivity contribution in [3.8, 4) is 0 Å². The van der Waals surface area contributed by atoms with Crippen LogP contribution in [-0.4, -0.2) is 37.9 Å². The van der Waals surface area contributed by atoms with Gasteiger partial charge in [-0.3, -0.25) is 4.79 Å². The minimum absolute atomic E-state index is 0.000959. The number of sulfonamides is 1. The normalized spacial score (nSPS) is 26.2. The lowest BCUT2D eigenvalue weighted by molar-refractivity contribution is 0.0696. The third kappa shape index (κ3) is 2.90. The van der Waals surface area contributed by atoms with E-state index in [1.807, 2.05) is 4.90 Å². The monoisotopic (exact) mass is 402 g/mol. The Kier molecular flexibility index (Phi) is 4.20. The number of rotatable bonds is 4. The van der Waals surface area contributed by atoms with Gasteiger partial charge in [0.1, 0.15) is 4.21 Å². The van der Waals surface area contributed by atoms with E-state index in [-0.39, 0.29) is 23.9 Å². The Labute approximate surface area is 153 Å². The van der Waals surface area contributed by atoms with E-state index in [4.69, 9.17) is 11.6 Å². The van der Waals surface area contributed by atoms with Gasteiger partial charge in [0.15, 0.2) is 0 Å². The van der Waals surface area contributed by atoms with Crippen LogP contribution in [0.2, 0.25) is 4.34 Å². The Morgan fingerprint density at radius 1 is 1.29 bits per heavy atom. The summed E-state index contributed by atoms with van der Waals surface area (Å²) < 4.78 is 28.5. The van der Waals surface area contributed by atoms with Crippen LogP contribution in [0.4, 0.5) is 0 Å². The van der Waals surface area contributed by atoms with Crippen molar-refractivity contribution in [2.75, 3.05) is 6.54 Å². The van der Waals surface area contributed by atoms with E-state index in [1.54, 1.807) is 29.6 Å². The van der Waals surface area contributed by atoms with Crippen molar-refractivity contribution in [2.45, 2.75) is 29.1 Å². The lowest BCUT2D eigenvalue weighted by Crippen LogP contribution is -2.47. The molecule has 24 heavy (non-hydrogen) atoms. The maximum atomic E-state index is 12.6. The maximum absolute atomic E-state index is 12.6. The second kappa shape index (κ2) is 6.10. The molecule has 2 aliphatic rings. The zero-order valence-corrected chi connectivity index (χ0v) is 15.7. The molecule has 0 radical (unpaired) electrons. The van der Waals surface area contributed by atoms with Crippen LogP contribution >= 0.6 is 34.3 Å². The number of carbonyl (C=O) groups excluding carboxylic acids is 1. The van der Waals surface area contributed by atoms with Crippen LogP contribution in [-0.2, 0) is 10.0 Å². The van der Waals surface area contributed by atoms with Crippen LogP contribution in [0.5, 0.6) is 0 Å². The van der Waals surface area contributed by atoms with Crippen LogP contribution in [0.25, 0.3) is 0 Å². The van der Waals surface area contributed by atoms with E-state index in [9.17, 15) is 13.2 Å². The number of nitrogens with zero attached hydrogens (tertiary/aromatic N) is 1. The summed E-state index contributed by atoms with van der Waals surface area (Å²) in [5.74, 6) is 0.170. The number of nitrogens with one attached hydrogen (secondary N) is 1. The molecule has 4 rings (SSSR count). The lowest BCUT2D eigenvalue weighted by atomic mass is 10.0.